The summed E-state index contributed by atoms with van der Waals surface area (Å²) in [5.74, 6) is 1.38. The molecule has 0 amide bonds. The third-order valence-corrected chi connectivity index (χ3v) is 5.63. The number of hydrogen-bond acceptors (Lipinski definition) is 6. The Morgan fingerprint density at radius 3 is 2.91 bits per heavy atom. The molecule has 0 radical (unpaired) electrons. The first-order valence-corrected chi connectivity index (χ1v) is 7.78. The van der Waals surface area contributed by atoms with Crippen molar-refractivity contribution in [2.45, 2.75) is 30.2 Å². The van der Waals surface area contributed by atoms with Crippen LogP contribution >= 0.6 is 0 Å². The molecule has 3 aliphatic heterocycles. The quantitative estimate of drug-likeness (QED) is 0.776. The molecule has 1 fully saturated rings. The second kappa shape index (κ2) is 4.35. The molecule has 4 aliphatic rings. The van der Waals surface area contributed by atoms with E-state index in [1.165, 1.54) is 0 Å². The number of ketones is 1. The Hall–Kier alpha value is -1.89. The van der Waals surface area contributed by atoms with E-state index in [9.17, 15) is 9.90 Å². The number of benzene rings is 1. The summed E-state index contributed by atoms with van der Waals surface area (Å²) in [4.78, 5) is 14.8. The van der Waals surface area contributed by atoms with Gasteiger partial charge in [-0.25, -0.2) is 0 Å². The van der Waals surface area contributed by atoms with Gasteiger partial charge in [-0.3, -0.25) is 9.69 Å². The number of aliphatic hydroxyl groups is 1. The summed E-state index contributed by atoms with van der Waals surface area (Å²) >= 11 is 0. The van der Waals surface area contributed by atoms with E-state index in [-0.39, 0.29) is 31.3 Å². The molecule has 0 aromatic heterocycles. The van der Waals surface area contributed by atoms with Crippen molar-refractivity contribution >= 4 is 5.78 Å². The molecule has 0 spiro atoms. The van der Waals surface area contributed by atoms with E-state index in [1.54, 1.807) is 7.11 Å². The van der Waals surface area contributed by atoms with Crippen LogP contribution in [0.4, 0.5) is 0 Å². The van der Waals surface area contributed by atoms with Gasteiger partial charge >= 0.3 is 0 Å². The predicted octanol–water partition coefficient (Wildman–Crippen LogP) is 0.886. The first-order chi connectivity index (χ1) is 11.1. The number of fused-ring (bicyclic) bond motifs is 2. The van der Waals surface area contributed by atoms with Crippen LogP contribution in [-0.4, -0.2) is 48.4 Å². The average Bonchev–Trinajstić information content (AvgIpc) is 3.12. The minimum Gasteiger partial charge on any atom is -0.454 e. The molecule has 1 N–H and O–H groups in total. The van der Waals surface area contributed by atoms with Gasteiger partial charge in [-0.1, -0.05) is 12.2 Å². The predicted molar refractivity (Wildman–Crippen MR) is 79.3 cm³/mol. The van der Waals surface area contributed by atoms with Crippen LogP contribution in [0.5, 0.6) is 11.5 Å². The van der Waals surface area contributed by atoms with E-state index in [0.717, 1.165) is 11.1 Å². The monoisotopic (exact) mass is 315 g/mol. The number of rotatable bonds is 1. The van der Waals surface area contributed by atoms with Crippen LogP contribution in [0.2, 0.25) is 0 Å². The highest BCUT2D eigenvalue weighted by molar-refractivity contribution is 5.99. The lowest BCUT2D eigenvalue weighted by Gasteiger charge is -2.46. The van der Waals surface area contributed by atoms with Gasteiger partial charge in [-0.15, -0.1) is 0 Å². The number of carbonyl (C=O) groups is 1. The highest BCUT2D eigenvalue weighted by atomic mass is 16.7. The van der Waals surface area contributed by atoms with Crippen molar-refractivity contribution in [3.05, 3.63) is 35.4 Å². The molecule has 3 heterocycles. The van der Waals surface area contributed by atoms with E-state index in [2.05, 4.69) is 0 Å². The zero-order valence-electron chi connectivity index (χ0n) is 12.7. The van der Waals surface area contributed by atoms with Gasteiger partial charge in [-0.05, 0) is 24.1 Å². The van der Waals surface area contributed by atoms with Crippen molar-refractivity contribution in [1.29, 1.82) is 0 Å². The third-order valence-electron chi connectivity index (χ3n) is 5.63. The molecule has 1 aromatic carbocycles. The van der Waals surface area contributed by atoms with E-state index in [0.29, 0.717) is 17.9 Å². The molecular formula is C17H17NO5. The fourth-order valence-corrected chi connectivity index (χ4v) is 4.50. The van der Waals surface area contributed by atoms with Gasteiger partial charge in [0.25, 0.3) is 0 Å². The number of methoxy groups -OCH3 is 1. The largest absolute Gasteiger partial charge is 0.454 e. The maximum atomic E-state index is 12.9. The topological polar surface area (TPSA) is 68.2 Å². The zero-order valence-corrected chi connectivity index (χ0v) is 12.7. The van der Waals surface area contributed by atoms with Crippen LogP contribution in [0.15, 0.2) is 24.3 Å². The lowest BCUT2D eigenvalue weighted by molar-refractivity contribution is -0.120. The Balaban J connectivity index is 1.77. The standard InChI is InChI=1S/C17H17NO5/c1-21-9-2-3-17-11-6-13-12(22-8-23-13)5-10(11)16(20)18(7-15(17)19)14(17)4-9/h2-3,5-6,9,14,16,20H,4,7-8H2,1H3/t9-,14+,16?,17+/m1/s1. The molecule has 2 bridgehead atoms. The number of ether oxygens (including phenoxy) is 3. The van der Waals surface area contributed by atoms with Crippen LogP contribution in [0.25, 0.3) is 0 Å². The van der Waals surface area contributed by atoms with Gasteiger partial charge < -0.3 is 19.3 Å². The van der Waals surface area contributed by atoms with Crippen LogP contribution in [0, 0.1) is 0 Å². The number of hydrogen-bond donors (Lipinski definition) is 1. The second-order valence-corrected chi connectivity index (χ2v) is 6.52. The van der Waals surface area contributed by atoms with Gasteiger partial charge in [0.1, 0.15) is 6.23 Å². The fourth-order valence-electron chi connectivity index (χ4n) is 4.50. The molecule has 1 aliphatic carbocycles. The normalized spacial score (nSPS) is 39.3. The Morgan fingerprint density at radius 2 is 2.13 bits per heavy atom. The summed E-state index contributed by atoms with van der Waals surface area (Å²) in [6.07, 6.45) is 3.76. The fraction of sp³-hybridized carbons (Fsp3) is 0.471. The molecule has 1 saturated heterocycles. The molecule has 1 aromatic rings. The lowest BCUT2D eigenvalue weighted by atomic mass is 9.65. The number of nitrogens with zero attached hydrogens (tertiary/aromatic N) is 1. The van der Waals surface area contributed by atoms with Crippen molar-refractivity contribution in [3.8, 4) is 11.5 Å². The Kier molecular flexibility index (Phi) is 2.56. The molecular weight excluding hydrogens is 298 g/mol. The van der Waals surface area contributed by atoms with E-state index in [1.807, 2.05) is 29.2 Å². The summed E-state index contributed by atoms with van der Waals surface area (Å²) < 4.78 is 16.3. The summed E-state index contributed by atoms with van der Waals surface area (Å²) in [7, 11) is 1.66. The number of aliphatic hydroxyl groups excluding tert-OH is 1. The smallest absolute Gasteiger partial charge is 0.231 e. The average molecular weight is 315 g/mol. The molecule has 0 saturated carbocycles. The lowest BCUT2D eigenvalue weighted by Crippen LogP contribution is -2.52. The van der Waals surface area contributed by atoms with Crippen molar-refractivity contribution in [2.75, 3.05) is 20.4 Å². The second-order valence-electron chi connectivity index (χ2n) is 6.52. The van der Waals surface area contributed by atoms with Crippen molar-refractivity contribution in [3.63, 3.8) is 0 Å². The van der Waals surface area contributed by atoms with E-state index < -0.39 is 11.6 Å². The van der Waals surface area contributed by atoms with Crippen LogP contribution < -0.4 is 9.47 Å². The molecule has 6 nitrogen and oxygen atoms in total. The van der Waals surface area contributed by atoms with E-state index >= 15 is 0 Å². The maximum Gasteiger partial charge on any atom is 0.231 e. The summed E-state index contributed by atoms with van der Waals surface area (Å²) in [5.41, 5.74) is 0.852. The van der Waals surface area contributed by atoms with E-state index in [4.69, 9.17) is 14.2 Å². The molecule has 6 heteroatoms. The maximum absolute atomic E-state index is 12.9. The van der Waals surface area contributed by atoms with Crippen molar-refractivity contribution in [2.24, 2.45) is 0 Å². The number of Topliss-reactive ketones (excluding diaryl/α,β-unsaturated/α-hetero) is 1. The zero-order chi connectivity index (χ0) is 15.8. The molecule has 2 unspecified atom stereocenters. The molecule has 5 rings (SSSR count). The van der Waals surface area contributed by atoms with Gasteiger partial charge in [0.05, 0.1) is 18.1 Å². The Labute approximate surface area is 133 Å². The van der Waals surface area contributed by atoms with Crippen LogP contribution in [0.1, 0.15) is 23.8 Å². The summed E-state index contributed by atoms with van der Waals surface area (Å²) in [6.45, 7) is 0.414. The molecule has 23 heavy (non-hydrogen) atoms. The van der Waals surface area contributed by atoms with Crippen LogP contribution in [0.3, 0.4) is 0 Å². The summed E-state index contributed by atoms with van der Waals surface area (Å²) in [5, 5.41) is 10.8. The van der Waals surface area contributed by atoms with Crippen molar-refractivity contribution in [1.82, 2.24) is 4.90 Å². The first kappa shape index (κ1) is 13.5. The van der Waals surface area contributed by atoms with Crippen LogP contribution in [-0.2, 0) is 14.9 Å². The Morgan fingerprint density at radius 1 is 1.35 bits per heavy atom. The summed E-state index contributed by atoms with van der Waals surface area (Å²) in [6, 6.07) is 3.58. The minimum absolute atomic E-state index is 0.0377. The van der Waals surface area contributed by atoms with Gasteiger partial charge in [0.2, 0.25) is 6.79 Å². The highest BCUT2D eigenvalue weighted by Crippen LogP contribution is 2.54. The SMILES string of the molecule is CO[C@@H]1C=C[C@]23C(=O)CN(C(O)c4cc5c(cc42)OCO5)[C@H]3C1. The van der Waals surface area contributed by atoms with Crippen molar-refractivity contribution < 1.29 is 24.1 Å². The minimum atomic E-state index is -0.812. The number of carbonyl (C=O) groups excluding carboxylic acids is 1. The molecule has 5 atom stereocenters. The van der Waals surface area contributed by atoms with Gasteiger partial charge in [-0.2, -0.15) is 0 Å². The van der Waals surface area contributed by atoms with Gasteiger partial charge in [0, 0.05) is 18.7 Å². The third kappa shape index (κ3) is 1.51. The Bertz CT molecular complexity index is 745. The molecule has 120 valence electrons. The first-order valence-electron chi connectivity index (χ1n) is 7.78. The van der Waals surface area contributed by atoms with Gasteiger partial charge in [0.15, 0.2) is 17.3 Å². The highest BCUT2D eigenvalue weighted by Gasteiger charge is 2.61.